The summed E-state index contributed by atoms with van der Waals surface area (Å²) in [7, 11) is -9.21. The molecule has 2 aliphatic rings. The SMILES string of the molecule is Cc1cc(S(=O)(=O)O)cc(C)c1N=c1ccc2c(-c3ccccc3S(=O)(=O)[O-])c3ccc(Nc4c(C)cccc4C)cc3oc-2c1.[Na+]. The standard InChI is InChI=1S/C35H30N2O7S2.Na/c1-20-8-7-9-21(2)34(20)36-24-12-14-27-30(18-24)44-31-19-25(37-35-22(3)16-26(17-23(35)4)45(38,39)40)13-15-28(31)33(27)29-10-5-6-11-32(29)46(41,42)43;/h5-19,36H,1-4H3,(H,38,39,40)(H,41,42,43);/q;+1/p-1. The monoisotopic (exact) mass is 676 g/mol. The molecule has 1 aliphatic carbocycles. The largest absolute Gasteiger partial charge is 1.00 e. The maximum Gasteiger partial charge on any atom is 1.00 e. The van der Waals surface area contributed by atoms with Crippen LogP contribution in [0.1, 0.15) is 22.3 Å². The minimum Gasteiger partial charge on any atom is -0.744 e. The van der Waals surface area contributed by atoms with Crippen molar-refractivity contribution in [2.24, 2.45) is 4.99 Å². The molecule has 47 heavy (non-hydrogen) atoms. The Morgan fingerprint density at radius 3 is 2.04 bits per heavy atom. The van der Waals surface area contributed by atoms with Crippen molar-refractivity contribution >= 4 is 48.3 Å². The number of hydrogen-bond donors (Lipinski definition) is 2. The van der Waals surface area contributed by atoms with Crippen LogP contribution < -0.4 is 40.2 Å². The number of nitrogens with one attached hydrogen (secondary N) is 1. The molecule has 234 valence electrons. The van der Waals surface area contributed by atoms with Crippen molar-refractivity contribution in [2.75, 3.05) is 5.32 Å². The number of rotatable bonds is 6. The van der Waals surface area contributed by atoms with Gasteiger partial charge in [-0.1, -0.05) is 36.4 Å². The third kappa shape index (κ3) is 6.93. The fourth-order valence-electron chi connectivity index (χ4n) is 5.73. The molecule has 4 aromatic rings. The van der Waals surface area contributed by atoms with Gasteiger partial charge in [0.1, 0.15) is 21.5 Å². The Hall–Kier alpha value is -3.81. The molecule has 0 atom stereocenters. The minimum atomic E-state index is -4.82. The second-order valence-corrected chi connectivity index (χ2v) is 14.0. The summed E-state index contributed by atoms with van der Waals surface area (Å²) in [6.07, 6.45) is 0. The Morgan fingerprint density at radius 2 is 1.40 bits per heavy atom. The fraction of sp³-hybridized carbons (Fsp3) is 0.114. The summed E-state index contributed by atoms with van der Waals surface area (Å²) >= 11 is 0. The molecule has 4 aromatic carbocycles. The van der Waals surface area contributed by atoms with Crippen LogP contribution in [-0.4, -0.2) is 25.9 Å². The van der Waals surface area contributed by atoms with E-state index in [2.05, 4.69) is 5.32 Å². The Bertz CT molecular complexity index is 2410. The number of fused-ring (bicyclic) bond motifs is 2. The maximum atomic E-state index is 12.4. The van der Waals surface area contributed by atoms with Gasteiger partial charge < -0.3 is 14.3 Å². The van der Waals surface area contributed by atoms with Gasteiger partial charge in [-0.2, -0.15) is 8.42 Å². The van der Waals surface area contributed by atoms with E-state index in [4.69, 9.17) is 9.41 Å². The zero-order valence-electron chi connectivity index (χ0n) is 26.3. The fourth-order valence-corrected chi connectivity index (χ4v) is 7.07. The zero-order chi connectivity index (χ0) is 33.0. The summed E-state index contributed by atoms with van der Waals surface area (Å²) in [5.41, 5.74) is 7.20. The number of para-hydroxylation sites is 1. The molecule has 6 rings (SSSR count). The van der Waals surface area contributed by atoms with Crippen LogP contribution >= 0.6 is 0 Å². The van der Waals surface area contributed by atoms with Gasteiger partial charge in [0, 0.05) is 45.6 Å². The van der Waals surface area contributed by atoms with Crippen LogP contribution in [0.2, 0.25) is 0 Å². The number of aryl methyl sites for hydroxylation is 4. The van der Waals surface area contributed by atoms with Gasteiger partial charge in [0.2, 0.25) is 0 Å². The van der Waals surface area contributed by atoms with E-state index in [1.54, 1.807) is 44.2 Å². The minimum absolute atomic E-state index is 0. The van der Waals surface area contributed by atoms with E-state index in [0.29, 0.717) is 50.0 Å². The van der Waals surface area contributed by atoms with Gasteiger partial charge in [0.15, 0.2) is 0 Å². The Morgan fingerprint density at radius 1 is 0.745 bits per heavy atom. The smallest absolute Gasteiger partial charge is 0.744 e. The maximum absolute atomic E-state index is 12.4. The Labute approximate surface area is 295 Å². The summed E-state index contributed by atoms with van der Waals surface area (Å²) in [5, 5.41) is 4.55. The van der Waals surface area contributed by atoms with Gasteiger partial charge in [0.25, 0.3) is 10.1 Å². The molecule has 0 bridgehead atoms. The Balaban J connectivity index is 0.00000433. The molecule has 1 aliphatic heterocycles. The van der Waals surface area contributed by atoms with Gasteiger partial charge in [-0.05, 0) is 92.4 Å². The number of nitrogens with zero attached hydrogens (tertiary/aromatic N) is 1. The first-order valence-electron chi connectivity index (χ1n) is 14.2. The third-order valence-corrected chi connectivity index (χ3v) is 9.61. The van der Waals surface area contributed by atoms with E-state index in [1.165, 1.54) is 24.3 Å². The van der Waals surface area contributed by atoms with Crippen LogP contribution in [0, 0.1) is 27.7 Å². The molecule has 0 unspecified atom stereocenters. The van der Waals surface area contributed by atoms with Crippen molar-refractivity contribution in [3.63, 3.8) is 0 Å². The van der Waals surface area contributed by atoms with E-state index in [-0.39, 0.29) is 44.9 Å². The van der Waals surface area contributed by atoms with Crippen LogP contribution in [0.3, 0.4) is 0 Å². The van der Waals surface area contributed by atoms with Gasteiger partial charge >= 0.3 is 29.6 Å². The molecule has 0 radical (unpaired) electrons. The van der Waals surface area contributed by atoms with Crippen molar-refractivity contribution in [1.29, 1.82) is 0 Å². The van der Waals surface area contributed by atoms with Crippen molar-refractivity contribution < 1.29 is 59.9 Å². The van der Waals surface area contributed by atoms with Crippen LogP contribution in [-0.2, 0) is 20.2 Å². The molecule has 12 heteroatoms. The van der Waals surface area contributed by atoms with Gasteiger partial charge in [-0.3, -0.25) is 4.55 Å². The van der Waals surface area contributed by atoms with Gasteiger partial charge in [-0.25, -0.2) is 13.4 Å². The van der Waals surface area contributed by atoms with Crippen molar-refractivity contribution in [2.45, 2.75) is 37.5 Å². The van der Waals surface area contributed by atoms with E-state index < -0.39 is 20.2 Å². The summed E-state index contributed by atoms with van der Waals surface area (Å²) in [6, 6.07) is 25.5. The predicted octanol–water partition coefficient (Wildman–Crippen LogP) is 4.57. The molecule has 0 aromatic heterocycles. The first-order chi connectivity index (χ1) is 21.7. The molecule has 0 amide bonds. The van der Waals surface area contributed by atoms with Crippen LogP contribution in [0.4, 0.5) is 17.1 Å². The average molecular weight is 677 g/mol. The summed E-state index contributed by atoms with van der Waals surface area (Å²) in [5.74, 6) is 0.385. The van der Waals surface area contributed by atoms with Crippen molar-refractivity contribution in [3.8, 4) is 22.5 Å². The molecule has 9 nitrogen and oxygen atoms in total. The molecule has 0 saturated heterocycles. The van der Waals surface area contributed by atoms with Gasteiger partial charge in [-0.15, -0.1) is 0 Å². The second-order valence-electron chi connectivity index (χ2n) is 11.2. The van der Waals surface area contributed by atoms with E-state index >= 15 is 0 Å². The molecule has 2 N–H and O–H groups in total. The van der Waals surface area contributed by atoms with Crippen molar-refractivity contribution in [3.05, 3.63) is 119 Å². The Kier molecular flexibility index (Phi) is 9.55. The first-order valence-corrected chi connectivity index (χ1v) is 17.1. The van der Waals surface area contributed by atoms with Crippen LogP contribution in [0.15, 0.2) is 110 Å². The molecular formula is C35H29N2NaO7S2. The van der Waals surface area contributed by atoms with E-state index in [0.717, 1.165) is 22.5 Å². The topological polar surface area (TPSA) is 149 Å². The second kappa shape index (κ2) is 13.0. The quantitative estimate of drug-likeness (QED) is 0.148. The van der Waals surface area contributed by atoms with Gasteiger partial charge in [0.05, 0.1) is 20.8 Å². The molecule has 0 fully saturated rings. The summed E-state index contributed by atoms with van der Waals surface area (Å²) in [6.45, 7) is 7.42. The molecule has 1 heterocycles. The third-order valence-electron chi connectivity index (χ3n) is 7.88. The van der Waals surface area contributed by atoms with E-state index in [9.17, 15) is 25.9 Å². The van der Waals surface area contributed by atoms with Crippen molar-refractivity contribution in [1.82, 2.24) is 0 Å². The molecule has 0 saturated carbocycles. The zero-order valence-corrected chi connectivity index (χ0v) is 30.0. The molecular weight excluding hydrogens is 648 g/mol. The number of anilines is 2. The van der Waals surface area contributed by atoms with Crippen LogP contribution in [0.5, 0.6) is 0 Å². The summed E-state index contributed by atoms with van der Waals surface area (Å²) in [4.78, 5) is 4.18. The molecule has 0 spiro atoms. The summed E-state index contributed by atoms with van der Waals surface area (Å²) < 4.78 is 76.5. The first kappa shape index (κ1) is 34.5. The average Bonchev–Trinajstić information content (AvgIpc) is 2.98. The van der Waals surface area contributed by atoms with E-state index in [1.807, 2.05) is 50.2 Å². The van der Waals surface area contributed by atoms with Crippen LogP contribution in [0.25, 0.3) is 33.4 Å². The normalized spacial score (nSPS) is 12.3. The number of hydrogen-bond acceptors (Lipinski definition) is 8. The number of benzene rings is 5. The predicted molar refractivity (Wildman–Crippen MR) is 176 cm³/mol.